The molecule has 0 aromatic heterocycles. The van der Waals surface area contributed by atoms with E-state index in [0.29, 0.717) is 0 Å². The van der Waals surface area contributed by atoms with Gasteiger partial charge < -0.3 is 96.3 Å². The van der Waals surface area contributed by atoms with E-state index in [1.165, 1.54) is 0 Å². The predicted octanol–water partition coefficient (Wildman–Crippen LogP) is 25.8. The summed E-state index contributed by atoms with van der Waals surface area (Å²) in [6, 6.07) is 20.9. The van der Waals surface area contributed by atoms with Gasteiger partial charge in [0.2, 0.25) is 0 Å². The second-order valence-electron chi connectivity index (χ2n) is 49.9. The summed E-state index contributed by atoms with van der Waals surface area (Å²) in [5.41, 5.74) is 0. The summed E-state index contributed by atoms with van der Waals surface area (Å²) in [5, 5.41) is 2.20. The van der Waals surface area contributed by atoms with Crippen molar-refractivity contribution in [2.24, 2.45) is 0 Å². The van der Waals surface area contributed by atoms with Crippen LogP contribution in [0.5, 0.6) is 0 Å². The first-order chi connectivity index (χ1) is 53.9. The zero-order chi connectivity index (χ0) is 103. The van der Waals surface area contributed by atoms with Crippen LogP contribution >= 0.6 is 0 Å². The molecule has 0 amide bonds. The molecule has 2 aromatic rings. The molecule has 0 bridgehead atoms. The van der Waals surface area contributed by atoms with E-state index in [-0.39, 0.29) is 0 Å². The summed E-state index contributed by atoms with van der Waals surface area (Å²) in [6.07, 6.45) is 0. The number of hydrogen-bond acceptors (Lipinski definition) is 23. The molecule has 0 aliphatic heterocycles. The largest absolute Gasteiger partial charge is 0.437 e. The van der Waals surface area contributed by atoms with Crippen LogP contribution in [-0.4, -0.2) is 245 Å². The van der Waals surface area contributed by atoms with Crippen molar-refractivity contribution in [3.8, 4) is 0 Å². The molecule has 754 valence electrons. The second kappa shape index (κ2) is 50.9. The molecule has 0 unspecified atom stereocenters. The lowest BCUT2D eigenvalue weighted by molar-refractivity contribution is 0.265. The summed E-state index contributed by atoms with van der Waals surface area (Å²) in [5.74, 6) is 0. The molecule has 2 aromatic carbocycles. The highest BCUT2D eigenvalue weighted by Gasteiger charge is 2.55. The van der Waals surface area contributed by atoms with E-state index >= 15 is 0 Å². The topological polar surface area (TPSA) is 234 Å². The highest BCUT2D eigenvalue weighted by Crippen LogP contribution is 2.32. The van der Waals surface area contributed by atoms with Crippen LogP contribution in [0, 0.1) is 0 Å². The lowest BCUT2D eigenvalue weighted by Crippen LogP contribution is -2.72. The van der Waals surface area contributed by atoms with Crippen LogP contribution in [0.15, 0.2) is 60.7 Å². The Morgan fingerprint density at radius 1 is 0.143 bits per heavy atom. The van der Waals surface area contributed by atoms with E-state index in [9.17, 15) is 9.59 Å². The van der Waals surface area contributed by atoms with Crippen LogP contribution in [0.4, 0.5) is 0 Å². The normalized spacial score (nSPS) is 14.8. The zero-order valence-electron chi connectivity index (χ0n) is 93.7. The minimum Gasteiger partial charge on any atom is -0.437 e. The van der Waals surface area contributed by atoms with Gasteiger partial charge in [0.15, 0.2) is 91.5 Å². The highest BCUT2D eigenvalue weighted by atomic mass is 28.5. The van der Waals surface area contributed by atoms with Crippen LogP contribution < -0.4 is 10.4 Å². The number of hydrogen-bond donors (Lipinski definition) is 2. The van der Waals surface area contributed by atoms with E-state index in [4.69, 9.17) is 86.7 Å². The molecule has 0 heterocycles. The van der Waals surface area contributed by atoms with Crippen LogP contribution in [0.1, 0.15) is 0 Å². The molecule has 126 heavy (non-hydrogen) atoms. The Bertz CT molecular complexity index is 3020. The van der Waals surface area contributed by atoms with Crippen LogP contribution in [0.2, 0.25) is 412 Å². The molecule has 0 fully saturated rings. The van der Waals surface area contributed by atoms with Crippen LogP contribution in [0.3, 0.4) is 0 Å². The second-order valence-corrected chi connectivity index (χ2v) is 158. The summed E-state index contributed by atoms with van der Waals surface area (Å²) in [4.78, 5) is 19.6. The fourth-order valence-electron chi connectivity index (χ4n) is 15.0. The van der Waals surface area contributed by atoms with Crippen LogP contribution in [-0.2, 0) is 86.7 Å². The molecule has 23 nitrogen and oxygen atoms in total. The Balaban J connectivity index is -0.000000463. The van der Waals surface area contributed by atoms with Crippen molar-refractivity contribution in [3.05, 3.63) is 60.7 Å². The molecule has 0 aliphatic rings. The average molecular weight is 2240 g/mol. The lowest BCUT2D eigenvalue weighted by Gasteiger charge is -2.44. The van der Waals surface area contributed by atoms with Crippen molar-refractivity contribution in [1.29, 1.82) is 0 Å². The van der Waals surface area contributed by atoms with Crippen molar-refractivity contribution in [1.82, 2.24) is 0 Å². The standard InChI is InChI=1S/C22H40O4Si5.C10H30O4Si4.2C10H30O3Si4.C8H26O5Si4.2C8H24O2Si3/c1-27(2,3)23-29(7,8)25-31(21-17-13-11-14-18-21,22-19-15-12-16-20-22)26-30(9,10)24-28(4,5)6;1-11-16(5,6)13-18(9,10)14-17(7,8)12-15(2,3)4;2*1-14(2,3)11-16(7,8)13-17(9,10)12-15(4,5)6;1-14(2,9)11-16(5,6)13-17(7,8)12-15(3,4)10;2*1-11(2,3)9-13(7,8)10-12(4,5)6/h11-20H,1-10H3;1-10H3;2*1-10H3;9-10H,1-8H3;2*1-8H3. The van der Waals surface area contributed by atoms with E-state index < -0.39 is 228 Å². The maximum atomic E-state index is 9.79. The molecule has 0 atom stereocenters. The minimum atomic E-state index is -3.10. The first kappa shape index (κ1) is 138. The van der Waals surface area contributed by atoms with E-state index in [2.05, 4.69) is 396 Å². The summed E-state index contributed by atoms with van der Waals surface area (Å²) in [7, 11) is -51.8. The Labute approximate surface area is 807 Å². The maximum Gasteiger partial charge on any atom is 0.389 e. The molecule has 0 radical (unpaired) electrons. The average Bonchev–Trinajstić information content (AvgIpc) is 0.751. The number of rotatable bonds is 43. The predicted molar refractivity (Wildman–Crippen MR) is 610 cm³/mol. The van der Waals surface area contributed by atoms with E-state index in [1.54, 1.807) is 33.3 Å². The fraction of sp³-hybridized carbons (Fsp3) is 0.842. The number of benzene rings is 2. The maximum absolute atomic E-state index is 9.79. The minimum absolute atomic E-state index is 1.10. The van der Waals surface area contributed by atoms with Crippen molar-refractivity contribution < 1.29 is 96.3 Å². The van der Waals surface area contributed by atoms with Crippen molar-refractivity contribution in [3.63, 3.8) is 0 Å². The monoisotopic (exact) mass is 2240 g/mol. The quantitative estimate of drug-likeness (QED) is 0.0587. The van der Waals surface area contributed by atoms with Gasteiger partial charge in [-0.15, -0.1) is 0 Å². The van der Waals surface area contributed by atoms with Crippen molar-refractivity contribution in [2.75, 3.05) is 7.11 Å². The summed E-state index contributed by atoms with van der Waals surface area (Å²) in [6.45, 7) is 134. The molecule has 0 aliphatic carbocycles. The van der Waals surface area contributed by atoms with Gasteiger partial charge in [0, 0.05) is 7.11 Å². The van der Waals surface area contributed by atoms with Crippen LogP contribution in [0.25, 0.3) is 0 Å². The third-order valence-corrected chi connectivity index (χ3v) is 98.7. The smallest absolute Gasteiger partial charge is 0.389 e. The first-order valence-corrected chi connectivity index (χ1v) is 127. The Morgan fingerprint density at radius 2 is 0.254 bits per heavy atom. The molecule has 0 saturated carbocycles. The Kier molecular flexibility index (Phi) is 55.6. The molecule has 0 saturated heterocycles. The SMILES string of the molecule is CO[Si](C)(C)O[Si](C)(C)O[Si](C)(C)O[Si](C)(C)C.C[Si](C)(C)O[Si](C)(C)O[Si](C)(C)C.C[Si](C)(C)O[Si](C)(C)O[Si](C)(C)C.C[Si](C)(C)O[Si](C)(C)O[Si](C)(C)O[Si](C)(C)C.C[Si](C)(C)O[Si](C)(C)O[Si](C)(C)O[Si](C)(C)C.C[Si](C)(C)O[Si](C)(C)O[Si](O[Si](C)(C)O[Si](C)(C)C)(c1ccccc1)c1ccccc1.C[Si](C)(O)O[Si](C)(C)O[Si](C)(C)O[Si](C)(C)O. The van der Waals surface area contributed by atoms with Crippen molar-refractivity contribution in [2.45, 2.75) is 412 Å². The van der Waals surface area contributed by atoms with Gasteiger partial charge in [-0.1, -0.05) is 60.7 Å². The van der Waals surface area contributed by atoms with Gasteiger partial charge in [-0.2, -0.15) is 0 Å². The zero-order valence-corrected chi connectivity index (χ0v) is 121. The lowest BCUT2D eigenvalue weighted by atomic mass is 10.4. The summed E-state index contributed by atoms with van der Waals surface area (Å²) >= 11 is 0. The molecule has 2 rings (SSSR count). The molecule has 50 heteroatoms. The van der Waals surface area contributed by atoms with Gasteiger partial charge >= 0.3 is 137 Å². The first-order valence-electron chi connectivity index (χ1n) is 45.0. The third kappa shape index (κ3) is 85.4. The molecular formula is C76H204O23Si27. The summed E-state index contributed by atoms with van der Waals surface area (Å²) < 4.78 is 131. The van der Waals surface area contributed by atoms with E-state index in [0.717, 1.165) is 10.4 Å². The highest BCUT2D eigenvalue weighted by molar-refractivity contribution is 7.03. The Morgan fingerprint density at radius 3 is 0.381 bits per heavy atom. The molecular weight excluding hydrogens is 2040 g/mol. The Hall–Kier alpha value is 3.38. The molecule has 2 N–H and O–H groups in total. The van der Waals surface area contributed by atoms with Gasteiger partial charge in [0.05, 0.1) is 0 Å². The third-order valence-electron chi connectivity index (χ3n) is 13.1. The van der Waals surface area contributed by atoms with Crippen molar-refractivity contribution >= 4 is 239 Å². The van der Waals surface area contributed by atoms with Gasteiger partial charge in [-0.25, -0.2) is 0 Å². The fourth-order valence-corrected chi connectivity index (χ4v) is 130. The van der Waals surface area contributed by atoms with Gasteiger partial charge in [-0.3, -0.25) is 0 Å². The molecule has 0 spiro atoms. The van der Waals surface area contributed by atoms with Gasteiger partial charge in [-0.05, 0) is 423 Å². The van der Waals surface area contributed by atoms with Gasteiger partial charge in [0.1, 0.15) is 0 Å². The van der Waals surface area contributed by atoms with Gasteiger partial charge in [0.25, 0.3) is 0 Å². The van der Waals surface area contributed by atoms with E-state index in [1.807, 2.05) is 51.4 Å².